The molecule has 0 fully saturated rings. The largest absolute Gasteiger partial charge is 0.497 e. The number of rotatable bonds is 11. The van der Waals surface area contributed by atoms with Gasteiger partial charge >= 0.3 is 10.2 Å². The van der Waals surface area contributed by atoms with E-state index >= 15 is 0 Å². The van der Waals surface area contributed by atoms with Crippen LogP contribution in [0.4, 0.5) is 5.69 Å². The highest BCUT2D eigenvalue weighted by atomic mass is 32.2. The van der Waals surface area contributed by atoms with E-state index in [1.54, 1.807) is 55.6 Å². The topological polar surface area (TPSA) is 99.3 Å². The van der Waals surface area contributed by atoms with Crippen LogP contribution in [0.25, 0.3) is 0 Å². The maximum atomic E-state index is 13.8. The van der Waals surface area contributed by atoms with E-state index in [1.807, 2.05) is 33.8 Å². The summed E-state index contributed by atoms with van der Waals surface area (Å²) in [6.07, 6.45) is 0.351. The quantitative estimate of drug-likeness (QED) is 0.493. The van der Waals surface area contributed by atoms with Crippen molar-refractivity contribution in [3.05, 3.63) is 60.2 Å². The fraction of sp³-hybridized carbons (Fsp3) is 0.462. The van der Waals surface area contributed by atoms with E-state index in [0.717, 1.165) is 14.2 Å². The van der Waals surface area contributed by atoms with Crippen molar-refractivity contribution < 1.29 is 22.7 Å². The lowest BCUT2D eigenvalue weighted by molar-refractivity contribution is -0.141. The molecule has 36 heavy (non-hydrogen) atoms. The van der Waals surface area contributed by atoms with Gasteiger partial charge in [0.15, 0.2) is 0 Å². The van der Waals surface area contributed by atoms with Crippen molar-refractivity contribution in [2.45, 2.75) is 52.2 Å². The Balaban J connectivity index is 2.51. The number of anilines is 1. The summed E-state index contributed by atoms with van der Waals surface area (Å²) in [4.78, 5) is 28.5. The Bertz CT molecular complexity index is 1130. The van der Waals surface area contributed by atoms with Crippen molar-refractivity contribution in [2.24, 2.45) is 0 Å². The number of hydrogen-bond donors (Lipinski definition) is 1. The summed E-state index contributed by atoms with van der Waals surface area (Å²) in [5.74, 6) is -0.181. The molecule has 1 N–H and O–H groups in total. The SMILES string of the molecule is CC[C@H](C(=O)NC(C)(C)C)N(Cc1cccc(OC)c1)C(=O)CN(c1ccccc1)S(=O)(=O)N(C)C. The second-order valence-corrected chi connectivity index (χ2v) is 11.7. The second kappa shape index (κ2) is 12.2. The lowest BCUT2D eigenvalue weighted by Gasteiger charge is -2.35. The Morgan fingerprint density at radius 2 is 1.67 bits per heavy atom. The fourth-order valence-corrected chi connectivity index (χ4v) is 4.71. The van der Waals surface area contributed by atoms with Crippen LogP contribution < -0.4 is 14.4 Å². The second-order valence-electron chi connectivity index (χ2n) is 9.67. The lowest BCUT2D eigenvalue weighted by Crippen LogP contribution is -2.55. The number of carbonyl (C=O) groups excluding carboxylic acids is 2. The minimum atomic E-state index is -3.99. The number of hydrogen-bond acceptors (Lipinski definition) is 5. The van der Waals surface area contributed by atoms with Crippen LogP contribution in [0.2, 0.25) is 0 Å². The first kappa shape index (κ1) is 29.1. The average molecular weight is 519 g/mol. The smallest absolute Gasteiger partial charge is 0.304 e. The number of methoxy groups -OCH3 is 1. The molecule has 1 atom stereocenters. The molecule has 0 unspecified atom stereocenters. The van der Waals surface area contributed by atoms with Crippen LogP contribution in [-0.2, 0) is 26.3 Å². The zero-order chi connectivity index (χ0) is 27.1. The Morgan fingerprint density at radius 3 is 2.19 bits per heavy atom. The van der Waals surface area contributed by atoms with E-state index in [1.165, 1.54) is 19.0 Å². The number of carbonyl (C=O) groups is 2. The van der Waals surface area contributed by atoms with Crippen LogP contribution in [0.1, 0.15) is 39.7 Å². The van der Waals surface area contributed by atoms with Crippen LogP contribution in [0.5, 0.6) is 5.75 Å². The van der Waals surface area contributed by atoms with Crippen molar-refractivity contribution in [1.82, 2.24) is 14.5 Å². The molecule has 0 radical (unpaired) electrons. The molecule has 0 aliphatic carbocycles. The highest BCUT2D eigenvalue weighted by molar-refractivity contribution is 7.90. The van der Waals surface area contributed by atoms with Gasteiger partial charge in [-0.2, -0.15) is 12.7 Å². The van der Waals surface area contributed by atoms with E-state index in [0.29, 0.717) is 17.9 Å². The number of nitrogens with one attached hydrogen (secondary N) is 1. The van der Waals surface area contributed by atoms with Crippen molar-refractivity contribution in [2.75, 3.05) is 32.1 Å². The third-order valence-electron chi connectivity index (χ3n) is 5.43. The van der Waals surface area contributed by atoms with Gasteiger partial charge in [-0.1, -0.05) is 37.3 Å². The summed E-state index contributed by atoms with van der Waals surface area (Å²) in [5, 5.41) is 2.95. The van der Waals surface area contributed by atoms with Crippen LogP contribution in [0, 0.1) is 0 Å². The molecule has 0 heterocycles. The van der Waals surface area contributed by atoms with Gasteiger partial charge in [-0.25, -0.2) is 4.31 Å². The highest BCUT2D eigenvalue weighted by Crippen LogP contribution is 2.22. The first-order chi connectivity index (χ1) is 16.8. The number of nitrogens with zero attached hydrogens (tertiary/aromatic N) is 3. The molecule has 2 aromatic carbocycles. The van der Waals surface area contributed by atoms with Crippen LogP contribution >= 0.6 is 0 Å². The van der Waals surface area contributed by atoms with Crippen molar-refractivity contribution in [1.29, 1.82) is 0 Å². The van der Waals surface area contributed by atoms with E-state index in [9.17, 15) is 18.0 Å². The fourth-order valence-electron chi connectivity index (χ4n) is 3.65. The van der Waals surface area contributed by atoms with Gasteiger partial charge < -0.3 is 15.0 Å². The van der Waals surface area contributed by atoms with Crippen LogP contribution in [0.15, 0.2) is 54.6 Å². The van der Waals surface area contributed by atoms with Gasteiger partial charge in [0.1, 0.15) is 18.3 Å². The summed E-state index contributed by atoms with van der Waals surface area (Å²) in [6, 6.07) is 14.9. The summed E-state index contributed by atoms with van der Waals surface area (Å²) < 4.78 is 33.8. The molecule has 9 nitrogen and oxygen atoms in total. The Labute approximate surface area is 215 Å². The molecule has 2 aromatic rings. The van der Waals surface area contributed by atoms with E-state index in [4.69, 9.17) is 4.74 Å². The third-order valence-corrected chi connectivity index (χ3v) is 7.25. The van der Waals surface area contributed by atoms with Gasteiger partial charge in [0.05, 0.1) is 12.8 Å². The Morgan fingerprint density at radius 1 is 1.03 bits per heavy atom. The van der Waals surface area contributed by atoms with Gasteiger partial charge in [-0.05, 0) is 57.0 Å². The standard InChI is InChI=1S/C26H38N4O5S/c1-8-23(25(32)27-26(2,3)4)29(18-20-13-12-16-22(17-20)35-7)24(31)19-30(36(33,34)28(5)6)21-14-10-9-11-15-21/h9-17,23H,8,18-19H2,1-7H3,(H,27,32)/t23-/m1/s1. The van der Waals surface area contributed by atoms with Crippen molar-refractivity contribution in [3.8, 4) is 5.75 Å². The van der Waals surface area contributed by atoms with Gasteiger partial charge in [0.25, 0.3) is 0 Å². The molecular weight excluding hydrogens is 480 g/mol. The van der Waals surface area contributed by atoms with Gasteiger partial charge in [0.2, 0.25) is 11.8 Å². The van der Waals surface area contributed by atoms with Gasteiger partial charge in [-0.3, -0.25) is 9.59 Å². The molecule has 0 saturated heterocycles. The molecule has 0 aliphatic heterocycles. The minimum absolute atomic E-state index is 0.108. The predicted molar refractivity (Wildman–Crippen MR) is 142 cm³/mol. The first-order valence-electron chi connectivity index (χ1n) is 11.8. The normalized spacial score (nSPS) is 12.7. The molecule has 0 aliphatic rings. The molecular formula is C26H38N4O5S. The molecule has 0 aromatic heterocycles. The lowest BCUT2D eigenvalue weighted by atomic mass is 10.1. The van der Waals surface area contributed by atoms with Crippen LogP contribution in [0.3, 0.4) is 0 Å². The first-order valence-corrected chi connectivity index (χ1v) is 13.2. The zero-order valence-corrected chi connectivity index (χ0v) is 23.0. The number of para-hydroxylation sites is 1. The van der Waals surface area contributed by atoms with Crippen LogP contribution in [-0.4, -0.2) is 68.8 Å². The number of benzene rings is 2. The molecule has 198 valence electrons. The predicted octanol–water partition coefficient (Wildman–Crippen LogP) is 3.03. The Hall–Kier alpha value is -3.11. The maximum absolute atomic E-state index is 13.8. The highest BCUT2D eigenvalue weighted by Gasteiger charge is 2.34. The van der Waals surface area contributed by atoms with E-state index in [-0.39, 0.29) is 12.5 Å². The van der Waals surface area contributed by atoms with Gasteiger partial charge in [-0.15, -0.1) is 0 Å². The maximum Gasteiger partial charge on any atom is 0.304 e. The zero-order valence-electron chi connectivity index (χ0n) is 22.2. The summed E-state index contributed by atoms with van der Waals surface area (Å²) in [7, 11) is 0.390. The average Bonchev–Trinajstić information content (AvgIpc) is 2.81. The monoisotopic (exact) mass is 518 g/mol. The molecule has 2 amide bonds. The molecule has 0 bridgehead atoms. The van der Waals surface area contributed by atoms with Crippen molar-refractivity contribution >= 4 is 27.7 Å². The molecule has 2 rings (SSSR count). The number of amides is 2. The minimum Gasteiger partial charge on any atom is -0.497 e. The molecule has 10 heteroatoms. The van der Waals surface area contributed by atoms with Crippen molar-refractivity contribution in [3.63, 3.8) is 0 Å². The summed E-state index contributed by atoms with van der Waals surface area (Å²) >= 11 is 0. The summed E-state index contributed by atoms with van der Waals surface area (Å²) in [5.41, 5.74) is 0.610. The third kappa shape index (κ3) is 7.69. The number of ether oxygens (including phenoxy) is 1. The summed E-state index contributed by atoms with van der Waals surface area (Å²) in [6.45, 7) is 7.07. The van der Waals surface area contributed by atoms with Gasteiger partial charge in [0, 0.05) is 26.2 Å². The Kier molecular flexibility index (Phi) is 9.89. The van der Waals surface area contributed by atoms with E-state index in [2.05, 4.69) is 5.32 Å². The molecule has 0 saturated carbocycles. The molecule has 0 spiro atoms. The van der Waals surface area contributed by atoms with E-state index < -0.39 is 34.2 Å².